The van der Waals surface area contributed by atoms with E-state index in [0.717, 1.165) is 5.56 Å². The summed E-state index contributed by atoms with van der Waals surface area (Å²) in [6.45, 7) is 11.6. The van der Waals surface area contributed by atoms with E-state index in [4.69, 9.17) is 21.1 Å². The third kappa shape index (κ3) is 7.24. The van der Waals surface area contributed by atoms with Gasteiger partial charge in [-0.3, -0.25) is 19.2 Å². The SMILES string of the molecule is C=CCCC(=O)N[C@@H](C)[C@H](OC(=O)[C@@H]1[C@H]2C(=O)N(CCCCCO)[C@H](C(=O)N(CC=C)c3c(C)cccc3Cl)[C@]23CC[C@H]1O3)c1ccccc1. The number of aliphatic hydroxyl groups excluding tert-OH is 1. The number of likely N-dealkylation sites (tertiary alicyclic amines) is 1. The largest absolute Gasteiger partial charge is 0.455 e. The Bertz CT molecular complexity index is 1560. The lowest BCUT2D eigenvalue weighted by molar-refractivity contribution is -0.162. The predicted molar refractivity (Wildman–Crippen MR) is 191 cm³/mol. The van der Waals surface area contributed by atoms with Crippen LogP contribution in [0.1, 0.15) is 69.1 Å². The van der Waals surface area contributed by atoms with Crippen LogP contribution in [0.25, 0.3) is 0 Å². The summed E-state index contributed by atoms with van der Waals surface area (Å²) in [5, 5.41) is 12.7. The highest BCUT2D eigenvalue weighted by molar-refractivity contribution is 6.34. The van der Waals surface area contributed by atoms with Crippen molar-refractivity contribution in [3.05, 3.63) is 90.0 Å². The van der Waals surface area contributed by atoms with Crippen molar-refractivity contribution < 1.29 is 33.8 Å². The van der Waals surface area contributed by atoms with Crippen molar-refractivity contribution in [2.75, 3.05) is 24.6 Å². The zero-order valence-electron chi connectivity index (χ0n) is 28.9. The van der Waals surface area contributed by atoms with E-state index in [1.807, 2.05) is 49.4 Å². The van der Waals surface area contributed by atoms with Gasteiger partial charge < -0.3 is 29.7 Å². The summed E-state index contributed by atoms with van der Waals surface area (Å²) in [5.41, 5.74) is 0.768. The molecule has 7 atom stereocenters. The lowest BCUT2D eigenvalue weighted by Crippen LogP contribution is -2.56. The Balaban J connectivity index is 1.49. The molecule has 2 N–H and O–H groups in total. The van der Waals surface area contributed by atoms with Gasteiger partial charge in [-0.05, 0) is 69.6 Å². The van der Waals surface area contributed by atoms with Crippen molar-refractivity contribution in [1.82, 2.24) is 10.2 Å². The number of nitrogens with one attached hydrogen (secondary N) is 1. The number of amides is 3. The van der Waals surface area contributed by atoms with Crippen molar-refractivity contribution in [3.8, 4) is 0 Å². The molecular weight excluding hydrogens is 658 g/mol. The summed E-state index contributed by atoms with van der Waals surface area (Å²) in [5.74, 6) is -3.36. The number of halogens is 1. The maximum Gasteiger partial charge on any atom is 0.313 e. The molecule has 3 saturated heterocycles. The lowest BCUT2D eigenvalue weighted by atomic mass is 9.70. The van der Waals surface area contributed by atoms with E-state index in [2.05, 4.69) is 18.5 Å². The molecule has 0 aromatic heterocycles. The summed E-state index contributed by atoms with van der Waals surface area (Å²) >= 11 is 6.67. The highest BCUT2D eigenvalue weighted by Gasteiger charge is 2.75. The number of fused-ring (bicyclic) bond motifs is 1. The van der Waals surface area contributed by atoms with Gasteiger partial charge in [0.15, 0.2) is 0 Å². The van der Waals surface area contributed by atoms with Crippen LogP contribution in [0.2, 0.25) is 5.02 Å². The Hall–Kier alpha value is -3.99. The molecule has 1 spiro atoms. The predicted octanol–water partition coefficient (Wildman–Crippen LogP) is 5.46. The van der Waals surface area contributed by atoms with Gasteiger partial charge in [0, 0.05) is 26.1 Å². The van der Waals surface area contributed by atoms with E-state index in [0.29, 0.717) is 54.8 Å². The number of rotatable bonds is 17. The van der Waals surface area contributed by atoms with E-state index in [1.165, 1.54) is 0 Å². The fourth-order valence-corrected chi connectivity index (χ4v) is 8.31. The molecule has 3 fully saturated rings. The number of anilines is 1. The summed E-state index contributed by atoms with van der Waals surface area (Å²) in [6.07, 6.45) is 5.27. The first-order valence-corrected chi connectivity index (χ1v) is 17.9. The number of carbonyl (C=O) groups excluding carboxylic acids is 4. The van der Waals surface area contributed by atoms with E-state index < -0.39 is 47.7 Å². The first kappa shape index (κ1) is 37.3. The second-order valence-corrected chi connectivity index (χ2v) is 13.9. The number of benzene rings is 2. The topological polar surface area (TPSA) is 125 Å². The van der Waals surface area contributed by atoms with Crippen molar-refractivity contribution >= 4 is 41.0 Å². The van der Waals surface area contributed by atoms with E-state index in [1.54, 1.807) is 34.9 Å². The molecule has 3 heterocycles. The number of para-hydroxylation sites is 1. The molecule has 3 amide bonds. The Morgan fingerprint density at radius 2 is 1.90 bits per heavy atom. The molecule has 2 aromatic carbocycles. The maximum absolute atomic E-state index is 14.9. The van der Waals surface area contributed by atoms with Gasteiger partial charge in [-0.1, -0.05) is 66.2 Å². The molecule has 50 heavy (non-hydrogen) atoms. The van der Waals surface area contributed by atoms with Crippen LogP contribution in [0.3, 0.4) is 0 Å². The second-order valence-electron chi connectivity index (χ2n) is 13.5. The number of hydrogen-bond acceptors (Lipinski definition) is 7. The van der Waals surface area contributed by atoms with Gasteiger partial charge in [0.05, 0.1) is 34.7 Å². The van der Waals surface area contributed by atoms with Gasteiger partial charge in [-0.2, -0.15) is 0 Å². The quantitative estimate of drug-likeness (QED) is 0.127. The van der Waals surface area contributed by atoms with E-state index in [9.17, 15) is 24.3 Å². The molecule has 0 aliphatic carbocycles. The monoisotopic (exact) mass is 705 g/mol. The third-order valence-corrected chi connectivity index (χ3v) is 10.5. The normalized spacial score (nSPS) is 24.7. The van der Waals surface area contributed by atoms with Crippen molar-refractivity contribution in [3.63, 3.8) is 0 Å². The van der Waals surface area contributed by atoms with Gasteiger partial charge in [0.1, 0.15) is 17.7 Å². The first-order chi connectivity index (χ1) is 24.1. The molecule has 2 bridgehead atoms. The smallest absolute Gasteiger partial charge is 0.313 e. The van der Waals surface area contributed by atoms with Gasteiger partial charge in [-0.15, -0.1) is 13.2 Å². The summed E-state index contributed by atoms with van der Waals surface area (Å²) in [4.78, 5) is 59.6. The lowest BCUT2D eigenvalue weighted by Gasteiger charge is -2.37. The number of aryl methyl sites for hydroxylation is 1. The third-order valence-electron chi connectivity index (χ3n) is 10.2. The van der Waals surface area contributed by atoms with Gasteiger partial charge in [0.2, 0.25) is 11.8 Å². The zero-order chi connectivity index (χ0) is 36.0. The molecule has 268 valence electrons. The standard InChI is InChI=1S/C39H48ClN3O7/c1-5-7-19-30(45)41-26(4)34(27-16-10-8-11-17-27)49-38(48)31-29-20-21-39(50-29)32(31)36(46)43(23-12-9-13-24-44)35(39)37(47)42(22-6-2)33-25(3)15-14-18-28(33)40/h5-6,8,10-11,14-18,26,29,31-32,34-35,44H,1-2,7,9,12-13,19-24H2,3-4H3,(H,41,45)/t26-,29+,31-,32-,34-,35+,39-/m0/s1. The van der Waals surface area contributed by atoms with E-state index in [-0.39, 0.29) is 43.8 Å². The minimum Gasteiger partial charge on any atom is -0.455 e. The number of carbonyl (C=O) groups is 4. The fraction of sp³-hybridized carbons (Fsp3) is 0.487. The maximum atomic E-state index is 14.9. The molecule has 0 unspecified atom stereocenters. The number of unbranched alkanes of at least 4 members (excludes halogenated alkanes) is 2. The molecule has 10 nitrogen and oxygen atoms in total. The molecule has 0 saturated carbocycles. The van der Waals surface area contributed by atoms with Crippen LogP contribution in [0, 0.1) is 18.8 Å². The van der Waals surface area contributed by atoms with Crippen LogP contribution in [-0.4, -0.2) is 77.2 Å². The Labute approximate surface area is 299 Å². The number of esters is 1. The summed E-state index contributed by atoms with van der Waals surface area (Å²) in [7, 11) is 0. The average Bonchev–Trinajstić information content (AvgIpc) is 3.75. The van der Waals surface area contributed by atoms with Gasteiger partial charge in [-0.25, -0.2) is 0 Å². The highest BCUT2D eigenvalue weighted by atomic mass is 35.5. The Kier molecular flexibility index (Phi) is 12.2. The van der Waals surface area contributed by atoms with Crippen LogP contribution in [-0.2, 0) is 28.7 Å². The van der Waals surface area contributed by atoms with Crippen molar-refractivity contribution in [2.24, 2.45) is 11.8 Å². The molecule has 11 heteroatoms. The van der Waals surface area contributed by atoms with Gasteiger partial charge in [0.25, 0.3) is 5.91 Å². The molecular formula is C39H48ClN3O7. The van der Waals surface area contributed by atoms with Gasteiger partial charge >= 0.3 is 5.97 Å². The second kappa shape index (κ2) is 16.4. The first-order valence-electron chi connectivity index (χ1n) is 17.5. The summed E-state index contributed by atoms with van der Waals surface area (Å²) in [6, 6.07) is 13.0. The Morgan fingerprint density at radius 1 is 1.14 bits per heavy atom. The minimum absolute atomic E-state index is 0.0240. The molecule has 3 aliphatic rings. The number of hydrogen-bond donors (Lipinski definition) is 2. The van der Waals surface area contributed by atoms with Crippen LogP contribution in [0.15, 0.2) is 73.8 Å². The molecule has 0 radical (unpaired) electrons. The molecule has 3 aliphatic heterocycles. The number of allylic oxidation sites excluding steroid dienone is 1. The minimum atomic E-state index is -1.25. The molecule has 2 aromatic rings. The van der Waals surface area contributed by atoms with Crippen LogP contribution in [0.5, 0.6) is 0 Å². The van der Waals surface area contributed by atoms with E-state index >= 15 is 0 Å². The number of ether oxygens (including phenoxy) is 2. The number of nitrogens with zero attached hydrogens (tertiary/aromatic N) is 2. The van der Waals surface area contributed by atoms with Crippen molar-refractivity contribution in [1.29, 1.82) is 0 Å². The zero-order valence-corrected chi connectivity index (χ0v) is 29.6. The molecule has 5 rings (SSSR count). The number of aliphatic hydroxyl groups is 1. The van der Waals surface area contributed by atoms with Crippen LogP contribution >= 0.6 is 11.6 Å². The van der Waals surface area contributed by atoms with Crippen LogP contribution in [0.4, 0.5) is 5.69 Å². The Morgan fingerprint density at radius 3 is 2.58 bits per heavy atom. The fourth-order valence-electron chi connectivity index (χ4n) is 7.98. The average molecular weight is 706 g/mol. The van der Waals surface area contributed by atoms with Crippen LogP contribution < -0.4 is 10.2 Å². The highest BCUT2D eigenvalue weighted by Crippen LogP contribution is 2.59. The summed E-state index contributed by atoms with van der Waals surface area (Å²) < 4.78 is 12.9. The van der Waals surface area contributed by atoms with Crippen molar-refractivity contribution in [2.45, 2.75) is 88.7 Å².